The lowest BCUT2D eigenvalue weighted by molar-refractivity contribution is -0.137. The van der Waals surface area contributed by atoms with Crippen molar-refractivity contribution in [3.63, 3.8) is 0 Å². The summed E-state index contributed by atoms with van der Waals surface area (Å²) in [5, 5.41) is 3.58. The van der Waals surface area contributed by atoms with Gasteiger partial charge < -0.3 is 15.2 Å². The Morgan fingerprint density at radius 1 is 1.24 bits per heavy atom. The van der Waals surface area contributed by atoms with Gasteiger partial charge in [0, 0.05) is 12.4 Å². The Labute approximate surface area is 142 Å². The molecule has 0 saturated carbocycles. The Kier molecular flexibility index (Phi) is 5.77. The van der Waals surface area contributed by atoms with Crippen LogP contribution in [-0.2, 0) is 9.59 Å². The summed E-state index contributed by atoms with van der Waals surface area (Å²) in [6.07, 6.45) is 4.20. The molecule has 1 heterocycles. The van der Waals surface area contributed by atoms with Gasteiger partial charge in [-0.2, -0.15) is 5.10 Å². The van der Waals surface area contributed by atoms with Gasteiger partial charge in [0.2, 0.25) is 0 Å². The summed E-state index contributed by atoms with van der Waals surface area (Å²) in [6, 6.07) is 7.81. The highest BCUT2D eigenvalue weighted by Gasteiger charge is 2.13. The number of aromatic nitrogens is 1. The van der Waals surface area contributed by atoms with Gasteiger partial charge in [0.05, 0.1) is 18.9 Å². The third-order valence-electron chi connectivity index (χ3n) is 2.89. The van der Waals surface area contributed by atoms with E-state index in [0.29, 0.717) is 11.1 Å². The predicted octanol–water partition coefficient (Wildman–Crippen LogP) is 0.245. The molecule has 0 saturated heterocycles. The van der Waals surface area contributed by atoms with Crippen molar-refractivity contribution in [2.45, 2.75) is 0 Å². The van der Waals surface area contributed by atoms with Crippen LogP contribution in [0.2, 0.25) is 0 Å². The molecule has 0 atom stereocenters. The van der Waals surface area contributed by atoms with E-state index < -0.39 is 17.8 Å². The number of hydrogen-bond donors (Lipinski definition) is 2. The summed E-state index contributed by atoms with van der Waals surface area (Å²) in [6.45, 7) is 0. The highest BCUT2D eigenvalue weighted by Crippen LogP contribution is 2.28. The van der Waals surface area contributed by atoms with Gasteiger partial charge in [-0.1, -0.05) is 0 Å². The maximum absolute atomic E-state index is 12.0. The van der Waals surface area contributed by atoms with Crippen molar-refractivity contribution in [1.82, 2.24) is 10.4 Å². The molecular formula is C16H14N4O5. The summed E-state index contributed by atoms with van der Waals surface area (Å²) in [5.74, 6) is -2.28. The zero-order chi connectivity index (χ0) is 18.2. The summed E-state index contributed by atoms with van der Waals surface area (Å²) in [4.78, 5) is 37.4. The number of benzene rings is 1. The third kappa shape index (κ3) is 4.86. The van der Waals surface area contributed by atoms with Crippen LogP contribution >= 0.6 is 0 Å². The normalized spacial score (nSPS) is 10.3. The molecule has 128 valence electrons. The van der Waals surface area contributed by atoms with Crippen molar-refractivity contribution in [2.24, 2.45) is 10.8 Å². The highest BCUT2D eigenvalue weighted by molar-refractivity contribution is 6.34. The van der Waals surface area contributed by atoms with E-state index in [2.05, 4.69) is 10.1 Å². The van der Waals surface area contributed by atoms with Crippen LogP contribution in [0.15, 0.2) is 47.8 Å². The first-order valence-corrected chi connectivity index (χ1v) is 6.94. The minimum absolute atomic E-state index is 0.203. The summed E-state index contributed by atoms with van der Waals surface area (Å²) >= 11 is 0. The zero-order valence-electron chi connectivity index (χ0n) is 13.1. The van der Waals surface area contributed by atoms with E-state index in [-0.39, 0.29) is 11.5 Å². The first-order chi connectivity index (χ1) is 12.0. The highest BCUT2D eigenvalue weighted by atomic mass is 16.6. The molecule has 25 heavy (non-hydrogen) atoms. The number of pyridine rings is 1. The number of hydrazone groups is 1. The second kappa shape index (κ2) is 8.20. The second-order valence-corrected chi connectivity index (χ2v) is 4.60. The summed E-state index contributed by atoms with van der Waals surface area (Å²) in [7, 11) is 1.41. The van der Waals surface area contributed by atoms with Crippen molar-refractivity contribution in [1.29, 1.82) is 0 Å². The zero-order valence-corrected chi connectivity index (χ0v) is 13.1. The van der Waals surface area contributed by atoms with E-state index in [1.54, 1.807) is 24.4 Å². The Morgan fingerprint density at radius 2 is 2.04 bits per heavy atom. The molecule has 1 aromatic carbocycles. The minimum Gasteiger partial charge on any atom is -0.493 e. The maximum atomic E-state index is 12.0. The lowest BCUT2D eigenvalue weighted by Crippen LogP contribution is -2.32. The summed E-state index contributed by atoms with van der Waals surface area (Å²) in [5.41, 5.74) is 7.56. The van der Waals surface area contributed by atoms with E-state index in [4.69, 9.17) is 15.2 Å². The maximum Gasteiger partial charge on any atom is 0.345 e. The smallest absolute Gasteiger partial charge is 0.345 e. The molecule has 3 N–H and O–H groups in total. The third-order valence-corrected chi connectivity index (χ3v) is 2.89. The number of primary amides is 1. The fraction of sp³-hybridized carbons (Fsp3) is 0.0625. The number of carbonyl (C=O) groups is 3. The van der Waals surface area contributed by atoms with Gasteiger partial charge in [-0.3, -0.25) is 14.6 Å². The average Bonchev–Trinajstić information content (AvgIpc) is 2.63. The topological polar surface area (TPSA) is 133 Å². The number of nitrogens with zero attached hydrogens (tertiary/aromatic N) is 2. The number of esters is 1. The van der Waals surface area contributed by atoms with E-state index in [9.17, 15) is 14.4 Å². The molecule has 0 spiro atoms. The van der Waals surface area contributed by atoms with Crippen LogP contribution in [0.4, 0.5) is 0 Å². The Balaban J connectivity index is 2.11. The number of amides is 2. The van der Waals surface area contributed by atoms with E-state index in [1.807, 2.05) is 5.43 Å². The molecule has 0 bridgehead atoms. The largest absolute Gasteiger partial charge is 0.493 e. The van der Waals surface area contributed by atoms with Crippen LogP contribution < -0.4 is 20.6 Å². The Bertz CT molecular complexity index is 821. The molecule has 9 heteroatoms. The van der Waals surface area contributed by atoms with Crippen molar-refractivity contribution < 1.29 is 23.9 Å². The molecule has 0 unspecified atom stereocenters. The second-order valence-electron chi connectivity index (χ2n) is 4.60. The van der Waals surface area contributed by atoms with E-state index in [0.717, 1.165) is 0 Å². The Morgan fingerprint density at radius 3 is 2.68 bits per heavy atom. The van der Waals surface area contributed by atoms with Crippen molar-refractivity contribution >= 4 is 24.0 Å². The SMILES string of the molecule is COc1cc(/C=N/NC(=O)C(N)=O)ccc1OC(=O)c1cccnc1. The number of rotatable bonds is 5. The molecule has 0 aliphatic rings. The average molecular weight is 342 g/mol. The molecule has 1 aromatic heterocycles. The number of ether oxygens (including phenoxy) is 2. The number of nitrogens with two attached hydrogens (primary N) is 1. The Hall–Kier alpha value is -3.75. The van der Waals surface area contributed by atoms with Crippen molar-refractivity contribution in [2.75, 3.05) is 7.11 Å². The van der Waals surface area contributed by atoms with Gasteiger partial charge in [-0.15, -0.1) is 0 Å². The monoisotopic (exact) mass is 342 g/mol. The first-order valence-electron chi connectivity index (χ1n) is 6.94. The molecule has 2 amide bonds. The quantitative estimate of drug-likeness (QED) is 0.263. The lowest BCUT2D eigenvalue weighted by atomic mass is 10.2. The minimum atomic E-state index is -1.15. The van der Waals surface area contributed by atoms with E-state index >= 15 is 0 Å². The van der Waals surface area contributed by atoms with E-state index in [1.165, 1.54) is 31.7 Å². The number of carbonyl (C=O) groups excluding carboxylic acids is 3. The fourth-order valence-electron chi connectivity index (χ4n) is 1.71. The fourth-order valence-corrected chi connectivity index (χ4v) is 1.71. The molecular weight excluding hydrogens is 328 g/mol. The molecule has 0 aliphatic heterocycles. The molecule has 2 aromatic rings. The molecule has 0 radical (unpaired) electrons. The van der Waals surface area contributed by atoms with Crippen LogP contribution in [0.1, 0.15) is 15.9 Å². The lowest BCUT2D eigenvalue weighted by Gasteiger charge is -2.09. The molecule has 9 nitrogen and oxygen atoms in total. The van der Waals surface area contributed by atoms with Crippen LogP contribution in [0.25, 0.3) is 0 Å². The van der Waals surface area contributed by atoms with Gasteiger partial charge in [-0.25, -0.2) is 10.2 Å². The standard InChI is InChI=1S/C16H14N4O5/c1-24-13-7-10(8-19-20-15(22)14(17)21)4-5-12(13)25-16(23)11-3-2-6-18-9-11/h2-9H,1H3,(H2,17,21)(H,20,22)/b19-8+. The number of hydrogen-bond acceptors (Lipinski definition) is 7. The summed E-state index contributed by atoms with van der Waals surface area (Å²) < 4.78 is 10.4. The predicted molar refractivity (Wildman–Crippen MR) is 87.1 cm³/mol. The number of methoxy groups -OCH3 is 1. The van der Waals surface area contributed by atoms with Gasteiger partial charge in [-0.05, 0) is 35.9 Å². The van der Waals surface area contributed by atoms with Gasteiger partial charge in [0.15, 0.2) is 11.5 Å². The van der Waals surface area contributed by atoms with Crippen molar-refractivity contribution in [3.8, 4) is 11.5 Å². The van der Waals surface area contributed by atoms with Crippen LogP contribution in [0, 0.1) is 0 Å². The van der Waals surface area contributed by atoms with Gasteiger partial charge in [0.1, 0.15) is 0 Å². The molecule has 0 aliphatic carbocycles. The number of nitrogens with one attached hydrogen (secondary N) is 1. The van der Waals surface area contributed by atoms with Crippen LogP contribution in [0.5, 0.6) is 11.5 Å². The first kappa shape index (κ1) is 17.6. The van der Waals surface area contributed by atoms with Gasteiger partial charge >= 0.3 is 17.8 Å². The van der Waals surface area contributed by atoms with Crippen molar-refractivity contribution in [3.05, 3.63) is 53.9 Å². The molecule has 2 rings (SSSR count). The molecule has 0 fully saturated rings. The van der Waals surface area contributed by atoms with Gasteiger partial charge in [0.25, 0.3) is 0 Å². The van der Waals surface area contributed by atoms with Crippen LogP contribution in [-0.4, -0.2) is 36.1 Å². The van der Waals surface area contributed by atoms with Crippen LogP contribution in [0.3, 0.4) is 0 Å².